The maximum Gasteiger partial charge on any atom is 0.105 e. The standard InChI is InChI=1S/C22H23N5S/c1-14-8-15(2)10-17(9-14)27-22-5-3-4-19(18(22)13-24-27)23-12-16-6-7-20-21(11-16)26-28-25-20/h6-11,13,19,23H,3-5,12H2,1-2H3. The Morgan fingerprint density at radius 3 is 2.75 bits per heavy atom. The first-order valence-corrected chi connectivity index (χ1v) is 10.5. The van der Waals surface area contributed by atoms with Gasteiger partial charge in [0.1, 0.15) is 11.0 Å². The zero-order chi connectivity index (χ0) is 19.1. The fraction of sp³-hybridized carbons (Fsp3) is 0.318. The molecule has 28 heavy (non-hydrogen) atoms. The summed E-state index contributed by atoms with van der Waals surface area (Å²) >= 11 is 1.27. The largest absolute Gasteiger partial charge is 0.306 e. The van der Waals surface area contributed by atoms with Crippen LogP contribution in [0.3, 0.4) is 0 Å². The molecule has 1 aliphatic carbocycles. The van der Waals surface area contributed by atoms with E-state index in [0.29, 0.717) is 6.04 Å². The van der Waals surface area contributed by atoms with Crippen molar-refractivity contribution >= 4 is 22.8 Å². The molecule has 1 unspecified atom stereocenters. The Bertz CT molecular complexity index is 1120. The number of hydrogen-bond acceptors (Lipinski definition) is 5. The molecule has 6 heteroatoms. The van der Waals surface area contributed by atoms with Gasteiger partial charge in [-0.2, -0.15) is 13.8 Å². The molecule has 0 saturated carbocycles. The van der Waals surface area contributed by atoms with Crippen LogP contribution in [0.25, 0.3) is 16.7 Å². The van der Waals surface area contributed by atoms with E-state index in [0.717, 1.165) is 30.4 Å². The number of aromatic nitrogens is 4. The van der Waals surface area contributed by atoms with E-state index >= 15 is 0 Å². The lowest BCUT2D eigenvalue weighted by Crippen LogP contribution is -2.25. The number of fused-ring (bicyclic) bond motifs is 2. The minimum atomic E-state index is 0.340. The van der Waals surface area contributed by atoms with Crippen molar-refractivity contribution in [2.24, 2.45) is 0 Å². The molecule has 2 heterocycles. The van der Waals surface area contributed by atoms with Crippen molar-refractivity contribution in [2.45, 2.75) is 45.7 Å². The van der Waals surface area contributed by atoms with Crippen molar-refractivity contribution in [1.82, 2.24) is 23.8 Å². The molecule has 0 amide bonds. The lowest BCUT2D eigenvalue weighted by Gasteiger charge is -2.24. The number of hydrogen-bond donors (Lipinski definition) is 1. The van der Waals surface area contributed by atoms with Gasteiger partial charge in [-0.25, -0.2) is 4.68 Å². The first-order valence-electron chi connectivity index (χ1n) is 9.77. The predicted molar refractivity (Wildman–Crippen MR) is 113 cm³/mol. The van der Waals surface area contributed by atoms with Gasteiger partial charge >= 0.3 is 0 Å². The second-order valence-electron chi connectivity index (χ2n) is 7.72. The summed E-state index contributed by atoms with van der Waals surface area (Å²) in [6.45, 7) is 5.11. The summed E-state index contributed by atoms with van der Waals surface area (Å²) in [4.78, 5) is 0. The highest BCUT2D eigenvalue weighted by Crippen LogP contribution is 2.31. The zero-order valence-corrected chi connectivity index (χ0v) is 17.0. The van der Waals surface area contributed by atoms with E-state index in [1.807, 2.05) is 0 Å². The maximum absolute atomic E-state index is 4.75. The second kappa shape index (κ2) is 7.11. The van der Waals surface area contributed by atoms with Crippen LogP contribution in [-0.4, -0.2) is 18.5 Å². The third kappa shape index (κ3) is 3.23. The van der Waals surface area contributed by atoms with Gasteiger partial charge in [0.25, 0.3) is 0 Å². The minimum Gasteiger partial charge on any atom is -0.306 e. The first-order chi connectivity index (χ1) is 13.7. The topological polar surface area (TPSA) is 55.6 Å². The first kappa shape index (κ1) is 17.5. The number of nitrogens with zero attached hydrogens (tertiary/aromatic N) is 4. The Hall–Kier alpha value is -2.57. The van der Waals surface area contributed by atoms with Crippen LogP contribution in [-0.2, 0) is 13.0 Å². The molecule has 1 atom stereocenters. The van der Waals surface area contributed by atoms with Gasteiger partial charge in [0.05, 0.1) is 23.6 Å². The number of nitrogens with one attached hydrogen (secondary N) is 1. The van der Waals surface area contributed by atoms with Gasteiger partial charge in [-0.05, 0) is 74.1 Å². The van der Waals surface area contributed by atoms with Crippen molar-refractivity contribution in [3.05, 3.63) is 70.5 Å². The molecule has 0 radical (unpaired) electrons. The average molecular weight is 390 g/mol. The molecule has 0 saturated heterocycles. The van der Waals surface area contributed by atoms with Gasteiger partial charge in [-0.15, -0.1) is 0 Å². The number of aryl methyl sites for hydroxylation is 2. The quantitative estimate of drug-likeness (QED) is 0.551. The van der Waals surface area contributed by atoms with Crippen LogP contribution in [0.15, 0.2) is 42.6 Å². The van der Waals surface area contributed by atoms with Crippen LogP contribution in [0.1, 0.15) is 46.8 Å². The van der Waals surface area contributed by atoms with Gasteiger partial charge in [-0.3, -0.25) is 0 Å². The van der Waals surface area contributed by atoms with E-state index in [1.165, 1.54) is 51.8 Å². The van der Waals surface area contributed by atoms with Crippen molar-refractivity contribution in [1.29, 1.82) is 0 Å². The Kier molecular flexibility index (Phi) is 4.45. The lowest BCUT2D eigenvalue weighted by atomic mass is 9.92. The zero-order valence-electron chi connectivity index (χ0n) is 16.1. The molecule has 2 aromatic heterocycles. The van der Waals surface area contributed by atoms with Gasteiger partial charge in [0.2, 0.25) is 0 Å². The molecule has 4 aromatic rings. The van der Waals surface area contributed by atoms with Crippen LogP contribution in [0.4, 0.5) is 0 Å². The van der Waals surface area contributed by atoms with Gasteiger partial charge < -0.3 is 5.32 Å². The summed E-state index contributed by atoms with van der Waals surface area (Å²) < 4.78 is 10.8. The van der Waals surface area contributed by atoms with Gasteiger partial charge in [0, 0.05) is 23.8 Å². The summed E-state index contributed by atoms with van der Waals surface area (Å²) in [7, 11) is 0. The van der Waals surface area contributed by atoms with Crippen LogP contribution in [0.2, 0.25) is 0 Å². The number of rotatable bonds is 4. The minimum absolute atomic E-state index is 0.340. The smallest absolute Gasteiger partial charge is 0.105 e. The monoisotopic (exact) mass is 389 g/mol. The summed E-state index contributed by atoms with van der Waals surface area (Å²) in [6.07, 6.45) is 5.45. The fourth-order valence-electron chi connectivity index (χ4n) is 4.24. The fourth-order valence-corrected chi connectivity index (χ4v) is 4.76. The van der Waals surface area contributed by atoms with Crippen molar-refractivity contribution in [3.8, 4) is 5.69 Å². The Morgan fingerprint density at radius 1 is 1.07 bits per heavy atom. The lowest BCUT2D eigenvalue weighted by molar-refractivity contribution is 0.455. The van der Waals surface area contributed by atoms with E-state index < -0.39 is 0 Å². The Labute approximate surface area is 168 Å². The predicted octanol–water partition coefficient (Wildman–Crippen LogP) is 4.66. The van der Waals surface area contributed by atoms with E-state index in [9.17, 15) is 0 Å². The molecule has 5 nitrogen and oxygen atoms in total. The molecule has 1 N–H and O–H groups in total. The van der Waals surface area contributed by atoms with Gasteiger partial charge in [0.15, 0.2) is 0 Å². The average Bonchev–Trinajstić information content (AvgIpc) is 3.32. The van der Waals surface area contributed by atoms with Crippen LogP contribution >= 0.6 is 11.7 Å². The van der Waals surface area contributed by atoms with Crippen molar-refractivity contribution in [2.75, 3.05) is 0 Å². The molecule has 0 fully saturated rings. The second-order valence-corrected chi connectivity index (χ2v) is 8.25. The molecule has 0 aliphatic heterocycles. The highest BCUT2D eigenvalue weighted by molar-refractivity contribution is 7.00. The third-order valence-electron chi connectivity index (χ3n) is 5.50. The summed E-state index contributed by atoms with van der Waals surface area (Å²) in [5.74, 6) is 0. The molecule has 142 valence electrons. The number of benzene rings is 2. The van der Waals surface area contributed by atoms with Crippen LogP contribution in [0.5, 0.6) is 0 Å². The van der Waals surface area contributed by atoms with E-state index in [2.05, 4.69) is 75.2 Å². The molecule has 0 spiro atoms. The molecule has 5 rings (SSSR count). The molecule has 1 aliphatic rings. The molecule has 0 bridgehead atoms. The van der Waals surface area contributed by atoms with Gasteiger partial charge in [-0.1, -0.05) is 12.1 Å². The van der Waals surface area contributed by atoms with Crippen LogP contribution < -0.4 is 5.32 Å². The molecular weight excluding hydrogens is 366 g/mol. The SMILES string of the molecule is Cc1cc(C)cc(-n2ncc3c2CCCC3NCc2ccc3nsnc3c2)c1. The van der Waals surface area contributed by atoms with Crippen molar-refractivity contribution in [3.63, 3.8) is 0 Å². The third-order valence-corrected chi connectivity index (χ3v) is 6.06. The Morgan fingerprint density at radius 2 is 1.89 bits per heavy atom. The Balaban J connectivity index is 1.39. The summed E-state index contributed by atoms with van der Waals surface area (Å²) in [6, 6.07) is 13.3. The highest BCUT2D eigenvalue weighted by Gasteiger charge is 2.24. The van der Waals surface area contributed by atoms with Crippen molar-refractivity contribution < 1.29 is 0 Å². The highest BCUT2D eigenvalue weighted by atomic mass is 32.1. The summed E-state index contributed by atoms with van der Waals surface area (Å²) in [5.41, 5.74) is 9.60. The molecular formula is C22H23N5S. The van der Waals surface area contributed by atoms with E-state index in [-0.39, 0.29) is 0 Å². The van der Waals surface area contributed by atoms with Crippen LogP contribution in [0, 0.1) is 13.8 Å². The maximum atomic E-state index is 4.75. The molecule has 2 aromatic carbocycles. The normalized spacial score (nSPS) is 16.4. The van der Waals surface area contributed by atoms with E-state index in [4.69, 9.17) is 5.10 Å². The van der Waals surface area contributed by atoms with E-state index in [1.54, 1.807) is 0 Å². The summed E-state index contributed by atoms with van der Waals surface area (Å²) in [5, 5.41) is 8.49.